The van der Waals surface area contributed by atoms with Crippen molar-refractivity contribution in [2.75, 3.05) is 19.7 Å². The lowest BCUT2D eigenvalue weighted by molar-refractivity contribution is -0.123. The second kappa shape index (κ2) is 10.2. The first kappa shape index (κ1) is 24.8. The van der Waals surface area contributed by atoms with Gasteiger partial charge in [0.25, 0.3) is 5.91 Å². The summed E-state index contributed by atoms with van der Waals surface area (Å²) in [6, 6.07) is 1.97. The van der Waals surface area contributed by atoms with Crippen LogP contribution in [-0.4, -0.2) is 56.4 Å². The predicted octanol–water partition coefficient (Wildman–Crippen LogP) is 2.12. The van der Waals surface area contributed by atoms with Crippen LogP contribution in [0.2, 0.25) is 0 Å². The SMILES string of the molecule is Cc1cc(C(=O)OCC(=O)NC(=O)NC(C)C)cc(S(=O)(=O)N2CCC(C)CC2)c1C. The van der Waals surface area contributed by atoms with Gasteiger partial charge in [0.2, 0.25) is 10.0 Å². The zero-order valence-electron chi connectivity index (χ0n) is 18.6. The number of carbonyl (C=O) groups is 3. The zero-order valence-corrected chi connectivity index (χ0v) is 19.5. The van der Waals surface area contributed by atoms with Crippen molar-refractivity contribution < 1.29 is 27.5 Å². The summed E-state index contributed by atoms with van der Waals surface area (Å²) in [6.07, 6.45) is 1.58. The number of nitrogens with one attached hydrogen (secondary N) is 2. The Bertz CT molecular complexity index is 950. The van der Waals surface area contributed by atoms with Crippen molar-refractivity contribution in [3.8, 4) is 0 Å². The number of sulfonamides is 1. The van der Waals surface area contributed by atoms with E-state index >= 15 is 0 Å². The Labute approximate surface area is 183 Å². The highest BCUT2D eigenvalue weighted by Crippen LogP contribution is 2.28. The van der Waals surface area contributed by atoms with Crippen LogP contribution in [0.5, 0.6) is 0 Å². The number of hydrogen-bond acceptors (Lipinski definition) is 6. The molecule has 31 heavy (non-hydrogen) atoms. The van der Waals surface area contributed by atoms with Crippen molar-refractivity contribution >= 4 is 27.9 Å². The Morgan fingerprint density at radius 1 is 1.16 bits per heavy atom. The molecule has 0 atom stereocenters. The van der Waals surface area contributed by atoms with Gasteiger partial charge in [0, 0.05) is 19.1 Å². The fraction of sp³-hybridized carbons (Fsp3) is 0.571. The van der Waals surface area contributed by atoms with Crippen LogP contribution in [0, 0.1) is 19.8 Å². The van der Waals surface area contributed by atoms with E-state index in [1.165, 1.54) is 16.4 Å². The molecule has 0 aromatic heterocycles. The minimum Gasteiger partial charge on any atom is -0.452 e. The van der Waals surface area contributed by atoms with Crippen molar-refractivity contribution in [1.82, 2.24) is 14.9 Å². The molecule has 2 N–H and O–H groups in total. The predicted molar refractivity (Wildman–Crippen MR) is 115 cm³/mol. The van der Waals surface area contributed by atoms with E-state index in [0.717, 1.165) is 12.8 Å². The number of aryl methyl sites for hydroxylation is 1. The minimum atomic E-state index is -3.76. The summed E-state index contributed by atoms with van der Waals surface area (Å²) in [7, 11) is -3.76. The monoisotopic (exact) mass is 453 g/mol. The Balaban J connectivity index is 2.14. The summed E-state index contributed by atoms with van der Waals surface area (Å²) in [5.74, 6) is -1.15. The smallest absolute Gasteiger partial charge is 0.338 e. The maximum atomic E-state index is 13.2. The maximum absolute atomic E-state index is 13.2. The summed E-state index contributed by atoms with van der Waals surface area (Å²) in [4.78, 5) is 35.9. The quantitative estimate of drug-likeness (QED) is 0.636. The third kappa shape index (κ3) is 6.51. The standard InChI is InChI=1S/C21H31N3O6S/c1-13(2)22-21(27)23-19(25)12-30-20(26)17-10-15(4)16(5)18(11-17)31(28,29)24-8-6-14(3)7-9-24/h10-11,13-14H,6-9,12H2,1-5H3,(H2,22,23,25,27). The van der Waals surface area contributed by atoms with Gasteiger partial charge in [0.05, 0.1) is 10.5 Å². The van der Waals surface area contributed by atoms with Gasteiger partial charge in [-0.2, -0.15) is 4.31 Å². The number of ether oxygens (including phenoxy) is 1. The zero-order chi connectivity index (χ0) is 23.3. The summed E-state index contributed by atoms with van der Waals surface area (Å²) < 4.78 is 32.8. The highest BCUT2D eigenvalue weighted by atomic mass is 32.2. The van der Waals surface area contributed by atoms with E-state index in [1.54, 1.807) is 27.7 Å². The summed E-state index contributed by atoms with van der Waals surface area (Å²) in [5, 5.41) is 4.53. The van der Waals surface area contributed by atoms with Gasteiger partial charge in [-0.3, -0.25) is 10.1 Å². The van der Waals surface area contributed by atoms with E-state index in [-0.39, 0.29) is 16.5 Å². The Morgan fingerprint density at radius 2 is 1.77 bits per heavy atom. The second-order valence-electron chi connectivity index (χ2n) is 8.26. The number of benzene rings is 1. The van der Waals surface area contributed by atoms with Gasteiger partial charge in [0.15, 0.2) is 6.61 Å². The van der Waals surface area contributed by atoms with Crippen LogP contribution in [0.1, 0.15) is 55.1 Å². The lowest BCUT2D eigenvalue weighted by Gasteiger charge is -2.30. The first-order valence-corrected chi connectivity index (χ1v) is 11.7. The number of amides is 3. The molecule has 0 bridgehead atoms. The number of carbonyl (C=O) groups excluding carboxylic acids is 3. The number of rotatable bonds is 6. The maximum Gasteiger partial charge on any atom is 0.338 e. The van der Waals surface area contributed by atoms with Gasteiger partial charge in [-0.1, -0.05) is 6.92 Å². The molecule has 1 aromatic carbocycles. The molecule has 1 aliphatic heterocycles. The fourth-order valence-electron chi connectivity index (χ4n) is 3.25. The average molecular weight is 454 g/mol. The lowest BCUT2D eigenvalue weighted by atomic mass is 10.0. The van der Waals surface area contributed by atoms with Crippen LogP contribution < -0.4 is 10.6 Å². The lowest BCUT2D eigenvalue weighted by Crippen LogP contribution is -2.44. The average Bonchev–Trinajstić information content (AvgIpc) is 2.67. The third-order valence-electron chi connectivity index (χ3n) is 5.22. The molecule has 2 rings (SSSR count). The van der Waals surface area contributed by atoms with Gasteiger partial charge < -0.3 is 10.1 Å². The summed E-state index contributed by atoms with van der Waals surface area (Å²) >= 11 is 0. The number of hydrogen-bond donors (Lipinski definition) is 2. The molecular weight excluding hydrogens is 422 g/mol. The van der Waals surface area contributed by atoms with Crippen LogP contribution in [0.15, 0.2) is 17.0 Å². The van der Waals surface area contributed by atoms with Crippen molar-refractivity contribution in [3.05, 3.63) is 28.8 Å². The molecule has 1 aliphatic rings. The van der Waals surface area contributed by atoms with E-state index in [9.17, 15) is 22.8 Å². The number of piperidine rings is 1. The Hall–Kier alpha value is -2.46. The van der Waals surface area contributed by atoms with E-state index in [1.807, 2.05) is 0 Å². The second-order valence-corrected chi connectivity index (χ2v) is 10.2. The minimum absolute atomic E-state index is 0.0338. The van der Waals surface area contributed by atoms with Gasteiger partial charge >= 0.3 is 12.0 Å². The van der Waals surface area contributed by atoms with Gasteiger partial charge in [0.1, 0.15) is 0 Å². The largest absolute Gasteiger partial charge is 0.452 e. The van der Waals surface area contributed by atoms with Gasteiger partial charge in [-0.15, -0.1) is 0 Å². The van der Waals surface area contributed by atoms with Crippen LogP contribution in [0.25, 0.3) is 0 Å². The van der Waals surface area contributed by atoms with Crippen LogP contribution in [0.4, 0.5) is 4.79 Å². The molecule has 9 nitrogen and oxygen atoms in total. The number of urea groups is 1. The van der Waals surface area contributed by atoms with Crippen LogP contribution >= 0.6 is 0 Å². The van der Waals surface area contributed by atoms with Crippen molar-refractivity contribution in [2.45, 2.75) is 58.4 Å². The van der Waals surface area contributed by atoms with Crippen LogP contribution in [0.3, 0.4) is 0 Å². The number of nitrogens with zero attached hydrogens (tertiary/aromatic N) is 1. The van der Waals surface area contributed by atoms with E-state index < -0.39 is 34.5 Å². The molecule has 3 amide bonds. The summed E-state index contributed by atoms with van der Waals surface area (Å²) in [6.45, 7) is 9.20. The molecule has 0 saturated carbocycles. The number of esters is 1. The molecule has 1 fully saturated rings. The highest BCUT2D eigenvalue weighted by molar-refractivity contribution is 7.89. The normalized spacial score (nSPS) is 15.5. The molecule has 1 saturated heterocycles. The molecule has 1 aromatic rings. The van der Waals surface area contributed by atoms with Crippen molar-refractivity contribution in [1.29, 1.82) is 0 Å². The molecule has 1 heterocycles. The summed E-state index contributed by atoms with van der Waals surface area (Å²) in [5.41, 5.74) is 1.23. The molecule has 10 heteroatoms. The van der Waals surface area contributed by atoms with E-state index in [4.69, 9.17) is 4.74 Å². The van der Waals surface area contributed by atoms with Crippen molar-refractivity contribution in [2.24, 2.45) is 5.92 Å². The molecular formula is C21H31N3O6S. The molecule has 0 spiro atoms. The van der Waals surface area contributed by atoms with E-state index in [0.29, 0.717) is 30.1 Å². The van der Waals surface area contributed by atoms with Gasteiger partial charge in [-0.25, -0.2) is 18.0 Å². The first-order chi connectivity index (χ1) is 14.4. The highest BCUT2D eigenvalue weighted by Gasteiger charge is 2.30. The van der Waals surface area contributed by atoms with Gasteiger partial charge in [-0.05, 0) is 69.7 Å². The number of imide groups is 1. The van der Waals surface area contributed by atoms with Crippen LogP contribution in [-0.2, 0) is 19.6 Å². The van der Waals surface area contributed by atoms with Crippen molar-refractivity contribution in [3.63, 3.8) is 0 Å². The Morgan fingerprint density at radius 3 is 2.35 bits per heavy atom. The topological polar surface area (TPSA) is 122 Å². The van der Waals surface area contributed by atoms with E-state index in [2.05, 4.69) is 17.6 Å². The molecule has 172 valence electrons. The fourth-order valence-corrected chi connectivity index (χ4v) is 5.05. The molecule has 0 aliphatic carbocycles. The molecule has 0 unspecified atom stereocenters. The first-order valence-electron chi connectivity index (χ1n) is 10.3. The Kier molecular flexibility index (Phi) is 8.19. The third-order valence-corrected chi connectivity index (χ3v) is 7.25. The molecule has 0 radical (unpaired) electrons.